The second-order valence-electron chi connectivity index (χ2n) is 6.70. The topological polar surface area (TPSA) is 50.8 Å². The number of amides is 1. The summed E-state index contributed by atoms with van der Waals surface area (Å²) in [6, 6.07) is 12.9. The molecule has 2 aliphatic heterocycles. The van der Waals surface area contributed by atoms with Crippen molar-refractivity contribution in [1.82, 2.24) is 10.2 Å². The van der Waals surface area contributed by atoms with E-state index in [9.17, 15) is 18.0 Å². The lowest BCUT2D eigenvalue weighted by Crippen LogP contribution is -2.57. The summed E-state index contributed by atoms with van der Waals surface area (Å²) in [6.07, 6.45) is -4.07. The molecule has 1 fully saturated rings. The van der Waals surface area contributed by atoms with E-state index < -0.39 is 12.1 Å². The summed E-state index contributed by atoms with van der Waals surface area (Å²) in [4.78, 5) is 14.4. The number of carbonyl (C=O) groups is 1. The molecule has 27 heavy (non-hydrogen) atoms. The normalized spacial score (nSPS) is 22.3. The molecule has 0 aliphatic carbocycles. The van der Waals surface area contributed by atoms with E-state index in [4.69, 9.17) is 4.74 Å². The van der Waals surface area contributed by atoms with Crippen LogP contribution >= 0.6 is 0 Å². The minimum Gasteiger partial charge on any atom is -0.466 e. The van der Waals surface area contributed by atoms with E-state index in [2.05, 4.69) is 15.0 Å². The van der Waals surface area contributed by atoms with Gasteiger partial charge in [0.25, 0.3) is 5.91 Å². The van der Waals surface area contributed by atoms with Gasteiger partial charge in [-0.1, -0.05) is 24.3 Å². The fourth-order valence-electron chi connectivity index (χ4n) is 3.49. The molecule has 0 saturated carbocycles. The van der Waals surface area contributed by atoms with Crippen molar-refractivity contribution in [2.24, 2.45) is 0 Å². The maximum absolute atomic E-state index is 12.3. The number of nitrogens with zero attached hydrogens (tertiary/aromatic N) is 1. The summed E-state index contributed by atoms with van der Waals surface area (Å²) in [5, 5.41) is 2.95. The average molecular weight is 378 g/mol. The average Bonchev–Trinajstić information content (AvgIpc) is 2.97. The molecule has 1 saturated heterocycles. The number of hydrogen-bond donors (Lipinski definition) is 1. The number of para-hydroxylation sites is 1. The van der Waals surface area contributed by atoms with E-state index in [0.717, 1.165) is 5.56 Å². The summed E-state index contributed by atoms with van der Waals surface area (Å²) >= 11 is 0. The zero-order valence-corrected chi connectivity index (χ0v) is 14.3. The van der Waals surface area contributed by atoms with Gasteiger partial charge in [0, 0.05) is 19.5 Å². The Bertz CT molecular complexity index is 854. The Labute approximate surface area is 153 Å². The Morgan fingerprint density at radius 3 is 2.63 bits per heavy atom. The lowest BCUT2D eigenvalue weighted by atomic mass is 10.1. The summed E-state index contributed by atoms with van der Waals surface area (Å²) in [5.74, 6) is 0.160. The van der Waals surface area contributed by atoms with Gasteiger partial charge < -0.3 is 14.8 Å². The lowest BCUT2D eigenvalue weighted by Gasteiger charge is -2.36. The highest BCUT2D eigenvalue weighted by Crippen LogP contribution is 2.33. The Morgan fingerprint density at radius 1 is 1.15 bits per heavy atom. The molecule has 5 nitrogen and oxygen atoms in total. The molecule has 2 aromatic carbocycles. The third kappa shape index (κ3) is 3.85. The molecule has 1 N–H and O–H groups in total. The molecule has 2 aliphatic rings. The molecule has 0 aromatic heterocycles. The Hall–Kier alpha value is -2.74. The fraction of sp³-hybridized carbons (Fsp3) is 0.316. The highest BCUT2D eigenvalue weighted by molar-refractivity contribution is 5.98. The number of benzene rings is 2. The summed E-state index contributed by atoms with van der Waals surface area (Å²) in [5.41, 5.74) is 0.594. The van der Waals surface area contributed by atoms with Crippen LogP contribution in [-0.4, -0.2) is 36.0 Å². The Balaban J connectivity index is 1.41. The number of halogens is 3. The van der Waals surface area contributed by atoms with Crippen LogP contribution in [0, 0.1) is 0 Å². The van der Waals surface area contributed by atoms with Crippen LogP contribution in [0.15, 0.2) is 48.5 Å². The third-order valence-corrected chi connectivity index (χ3v) is 4.65. The van der Waals surface area contributed by atoms with Crippen LogP contribution in [0.3, 0.4) is 0 Å². The van der Waals surface area contributed by atoms with Gasteiger partial charge in [0.1, 0.15) is 11.5 Å². The quantitative estimate of drug-likeness (QED) is 0.891. The number of alkyl halides is 3. The lowest BCUT2D eigenvalue weighted by molar-refractivity contribution is -0.274. The van der Waals surface area contributed by atoms with Crippen LogP contribution < -0.4 is 14.8 Å². The van der Waals surface area contributed by atoms with Crippen LogP contribution in [0.5, 0.6) is 11.5 Å². The van der Waals surface area contributed by atoms with Crippen molar-refractivity contribution in [1.29, 1.82) is 0 Å². The smallest absolute Gasteiger partial charge is 0.466 e. The van der Waals surface area contributed by atoms with Crippen molar-refractivity contribution < 1.29 is 27.4 Å². The van der Waals surface area contributed by atoms with E-state index in [1.807, 2.05) is 6.07 Å². The molecule has 2 heterocycles. The first kappa shape index (κ1) is 17.7. The minimum absolute atomic E-state index is 0.160. The Kier molecular flexibility index (Phi) is 4.22. The highest BCUT2D eigenvalue weighted by atomic mass is 19.4. The first-order valence-corrected chi connectivity index (χ1v) is 8.50. The first-order valence-electron chi connectivity index (χ1n) is 8.50. The molecular formula is C19H17F3N2O3. The Morgan fingerprint density at radius 2 is 1.89 bits per heavy atom. The maximum Gasteiger partial charge on any atom is 0.573 e. The van der Waals surface area contributed by atoms with Gasteiger partial charge in [-0.25, -0.2) is 0 Å². The molecule has 2 aromatic rings. The van der Waals surface area contributed by atoms with E-state index >= 15 is 0 Å². The van der Waals surface area contributed by atoms with Crippen molar-refractivity contribution >= 4 is 5.91 Å². The van der Waals surface area contributed by atoms with Crippen molar-refractivity contribution in [2.45, 2.75) is 25.1 Å². The number of fused-ring (bicyclic) bond motifs is 1. The molecule has 8 heteroatoms. The van der Waals surface area contributed by atoms with Gasteiger partial charge in [-0.05, 0) is 29.8 Å². The predicted molar refractivity (Wildman–Crippen MR) is 90.3 cm³/mol. The molecule has 1 atom stereocenters. The van der Waals surface area contributed by atoms with Gasteiger partial charge in [-0.2, -0.15) is 0 Å². The third-order valence-electron chi connectivity index (χ3n) is 4.65. The van der Waals surface area contributed by atoms with E-state index in [-0.39, 0.29) is 11.7 Å². The highest BCUT2D eigenvalue weighted by Gasteiger charge is 2.45. The standard InChI is InChI=1S/C19H17F3N2O3/c20-19(21,22)26-14-7-5-13(6-8-14)11-24-10-9-18(12-24)23-17(25)15-3-1-2-4-16(15)27-18/h1-8H,9-12H2,(H,23,25). The van der Waals surface area contributed by atoms with Crippen molar-refractivity contribution in [3.05, 3.63) is 59.7 Å². The first-order chi connectivity index (χ1) is 12.8. The van der Waals surface area contributed by atoms with Crippen molar-refractivity contribution in [2.75, 3.05) is 13.1 Å². The van der Waals surface area contributed by atoms with E-state index in [1.54, 1.807) is 30.3 Å². The number of carbonyl (C=O) groups excluding carboxylic acids is 1. The minimum atomic E-state index is -4.70. The second kappa shape index (κ2) is 6.45. The molecule has 1 spiro atoms. The van der Waals surface area contributed by atoms with Crippen LogP contribution in [0.25, 0.3) is 0 Å². The predicted octanol–water partition coefficient (Wildman–Crippen LogP) is 3.31. The van der Waals surface area contributed by atoms with Gasteiger partial charge >= 0.3 is 6.36 Å². The van der Waals surface area contributed by atoms with Crippen molar-refractivity contribution in [3.63, 3.8) is 0 Å². The summed E-state index contributed by atoms with van der Waals surface area (Å²) in [6.45, 7) is 1.73. The van der Waals surface area contributed by atoms with E-state index in [0.29, 0.717) is 37.4 Å². The van der Waals surface area contributed by atoms with E-state index in [1.165, 1.54) is 12.1 Å². The number of rotatable bonds is 3. The molecule has 1 unspecified atom stereocenters. The van der Waals surface area contributed by atoms with Gasteiger partial charge in [0.05, 0.1) is 12.1 Å². The monoisotopic (exact) mass is 378 g/mol. The number of likely N-dealkylation sites (tertiary alicyclic amines) is 1. The zero-order chi connectivity index (χ0) is 19.1. The molecule has 1 amide bonds. The molecular weight excluding hydrogens is 361 g/mol. The van der Waals surface area contributed by atoms with Gasteiger partial charge in [-0.3, -0.25) is 9.69 Å². The second-order valence-corrected chi connectivity index (χ2v) is 6.70. The fourth-order valence-corrected chi connectivity index (χ4v) is 3.49. The summed E-state index contributed by atoms with van der Waals surface area (Å²) in [7, 11) is 0. The zero-order valence-electron chi connectivity index (χ0n) is 14.3. The number of nitrogens with one attached hydrogen (secondary N) is 1. The van der Waals surface area contributed by atoms with Gasteiger partial charge in [0.15, 0.2) is 5.72 Å². The van der Waals surface area contributed by atoms with Crippen LogP contribution in [0.1, 0.15) is 22.3 Å². The molecule has 0 bridgehead atoms. The van der Waals surface area contributed by atoms with Crippen LogP contribution in [-0.2, 0) is 6.54 Å². The molecule has 142 valence electrons. The van der Waals surface area contributed by atoms with Crippen LogP contribution in [0.2, 0.25) is 0 Å². The van der Waals surface area contributed by atoms with Crippen LogP contribution in [0.4, 0.5) is 13.2 Å². The molecule has 0 radical (unpaired) electrons. The van der Waals surface area contributed by atoms with Crippen molar-refractivity contribution in [3.8, 4) is 11.5 Å². The summed E-state index contributed by atoms with van der Waals surface area (Å²) < 4.78 is 46.6. The SMILES string of the molecule is O=C1NC2(CCN(Cc3ccc(OC(F)(F)F)cc3)C2)Oc2ccccc21. The number of ether oxygens (including phenoxy) is 2. The largest absolute Gasteiger partial charge is 0.573 e. The molecule has 4 rings (SSSR count). The van der Waals surface area contributed by atoms with Gasteiger partial charge in [-0.15, -0.1) is 13.2 Å². The number of hydrogen-bond acceptors (Lipinski definition) is 4. The maximum atomic E-state index is 12.3. The van der Waals surface area contributed by atoms with Gasteiger partial charge in [0.2, 0.25) is 0 Å².